The highest BCUT2D eigenvalue weighted by Crippen LogP contribution is 2.25. The minimum atomic E-state index is -0.202. The van der Waals surface area contributed by atoms with Crippen molar-refractivity contribution >= 4 is 11.6 Å². The molecular formula is C18H21ClFN. The van der Waals surface area contributed by atoms with Crippen molar-refractivity contribution in [3.8, 4) is 0 Å². The van der Waals surface area contributed by atoms with Crippen LogP contribution in [0.4, 0.5) is 4.39 Å². The molecule has 1 unspecified atom stereocenters. The van der Waals surface area contributed by atoms with E-state index in [0.29, 0.717) is 17.0 Å². The highest BCUT2D eigenvalue weighted by Gasteiger charge is 2.16. The second-order valence-electron chi connectivity index (χ2n) is 5.41. The van der Waals surface area contributed by atoms with Crippen LogP contribution in [0.5, 0.6) is 0 Å². The Morgan fingerprint density at radius 3 is 2.57 bits per heavy atom. The summed E-state index contributed by atoms with van der Waals surface area (Å²) in [5, 5.41) is 4.02. The van der Waals surface area contributed by atoms with Crippen molar-refractivity contribution in [3.63, 3.8) is 0 Å². The van der Waals surface area contributed by atoms with Crippen molar-refractivity contribution in [1.82, 2.24) is 5.32 Å². The van der Waals surface area contributed by atoms with Gasteiger partial charge in [0.05, 0.1) is 0 Å². The minimum absolute atomic E-state index is 0.0866. The maximum Gasteiger partial charge on any atom is 0.126 e. The molecule has 0 aliphatic heterocycles. The molecule has 0 bridgehead atoms. The van der Waals surface area contributed by atoms with E-state index in [4.69, 9.17) is 11.6 Å². The van der Waals surface area contributed by atoms with Crippen molar-refractivity contribution < 1.29 is 4.39 Å². The molecule has 0 amide bonds. The Bertz CT molecular complexity index is 625. The van der Waals surface area contributed by atoms with E-state index in [1.807, 2.05) is 0 Å². The van der Waals surface area contributed by atoms with Crippen LogP contribution in [-0.2, 0) is 6.42 Å². The summed E-state index contributed by atoms with van der Waals surface area (Å²) in [6, 6.07) is 11.2. The number of benzene rings is 2. The molecule has 0 aromatic heterocycles. The second-order valence-corrected chi connectivity index (χ2v) is 5.85. The number of likely N-dealkylation sites (N-methyl/N-ethyl adjacent to an activating group) is 1. The van der Waals surface area contributed by atoms with Gasteiger partial charge in [0.15, 0.2) is 0 Å². The zero-order valence-corrected chi connectivity index (χ0v) is 13.5. The van der Waals surface area contributed by atoms with Gasteiger partial charge in [0.2, 0.25) is 0 Å². The third kappa shape index (κ3) is 4.05. The van der Waals surface area contributed by atoms with Crippen LogP contribution >= 0.6 is 11.6 Å². The molecule has 2 aromatic rings. The quantitative estimate of drug-likeness (QED) is 0.820. The average molecular weight is 306 g/mol. The second kappa shape index (κ2) is 7.06. The van der Waals surface area contributed by atoms with Crippen LogP contribution in [0.3, 0.4) is 0 Å². The normalized spacial score (nSPS) is 12.4. The number of hydrogen-bond donors (Lipinski definition) is 1. The van der Waals surface area contributed by atoms with E-state index < -0.39 is 0 Å². The molecule has 0 saturated carbocycles. The molecule has 0 spiro atoms. The van der Waals surface area contributed by atoms with Gasteiger partial charge in [-0.25, -0.2) is 4.39 Å². The summed E-state index contributed by atoms with van der Waals surface area (Å²) in [6.07, 6.45) is 0.587. The molecule has 112 valence electrons. The number of rotatable bonds is 5. The van der Waals surface area contributed by atoms with E-state index >= 15 is 0 Å². The zero-order chi connectivity index (χ0) is 15.4. The van der Waals surface area contributed by atoms with Crippen LogP contribution in [-0.4, -0.2) is 6.54 Å². The van der Waals surface area contributed by atoms with Crippen LogP contribution in [0, 0.1) is 19.7 Å². The summed E-state index contributed by atoms with van der Waals surface area (Å²) in [5.74, 6) is -0.202. The lowest BCUT2D eigenvalue weighted by Crippen LogP contribution is -2.24. The molecule has 2 aromatic carbocycles. The Hall–Kier alpha value is -1.38. The van der Waals surface area contributed by atoms with Gasteiger partial charge in [-0.3, -0.25) is 0 Å². The third-order valence-corrected chi connectivity index (χ3v) is 3.92. The monoisotopic (exact) mass is 305 g/mol. The van der Waals surface area contributed by atoms with Crippen molar-refractivity contribution in [3.05, 3.63) is 69.5 Å². The summed E-state index contributed by atoms with van der Waals surface area (Å²) < 4.78 is 14.0. The van der Waals surface area contributed by atoms with E-state index in [1.165, 1.54) is 22.8 Å². The first kappa shape index (κ1) is 16.0. The molecule has 21 heavy (non-hydrogen) atoms. The third-order valence-electron chi connectivity index (χ3n) is 3.68. The first-order valence-corrected chi connectivity index (χ1v) is 7.63. The van der Waals surface area contributed by atoms with Gasteiger partial charge in [0.25, 0.3) is 0 Å². The fourth-order valence-corrected chi connectivity index (χ4v) is 2.87. The Morgan fingerprint density at radius 1 is 1.14 bits per heavy atom. The van der Waals surface area contributed by atoms with E-state index in [2.05, 4.69) is 44.3 Å². The van der Waals surface area contributed by atoms with Gasteiger partial charge in [-0.05, 0) is 61.7 Å². The maximum absolute atomic E-state index is 14.0. The summed E-state index contributed by atoms with van der Waals surface area (Å²) in [6.45, 7) is 7.07. The highest BCUT2D eigenvalue weighted by atomic mass is 35.5. The average Bonchev–Trinajstić information content (AvgIpc) is 2.42. The lowest BCUT2D eigenvalue weighted by molar-refractivity contribution is 0.526. The molecule has 0 heterocycles. The van der Waals surface area contributed by atoms with Gasteiger partial charge in [-0.2, -0.15) is 0 Å². The van der Waals surface area contributed by atoms with Crippen LogP contribution in [0.1, 0.15) is 35.2 Å². The van der Waals surface area contributed by atoms with Gasteiger partial charge >= 0.3 is 0 Å². The molecule has 0 fully saturated rings. The van der Waals surface area contributed by atoms with Gasteiger partial charge < -0.3 is 5.32 Å². The SMILES string of the molecule is CCNC(Cc1cc(Cl)ccc1F)c1ccc(C)cc1C. The Morgan fingerprint density at radius 2 is 1.90 bits per heavy atom. The van der Waals surface area contributed by atoms with Crippen molar-refractivity contribution in [2.45, 2.75) is 33.2 Å². The van der Waals surface area contributed by atoms with Gasteiger partial charge in [-0.1, -0.05) is 42.3 Å². The Balaban J connectivity index is 2.32. The first-order valence-electron chi connectivity index (χ1n) is 7.25. The molecular weight excluding hydrogens is 285 g/mol. The number of halogens is 2. The van der Waals surface area contributed by atoms with Gasteiger partial charge in [0, 0.05) is 11.1 Å². The lowest BCUT2D eigenvalue weighted by Gasteiger charge is -2.21. The van der Waals surface area contributed by atoms with E-state index in [-0.39, 0.29) is 11.9 Å². The molecule has 2 rings (SSSR count). The van der Waals surface area contributed by atoms with Crippen molar-refractivity contribution in [1.29, 1.82) is 0 Å². The fourth-order valence-electron chi connectivity index (χ4n) is 2.67. The van der Waals surface area contributed by atoms with E-state index in [9.17, 15) is 4.39 Å². The van der Waals surface area contributed by atoms with Crippen molar-refractivity contribution in [2.75, 3.05) is 6.54 Å². The predicted molar refractivity (Wildman–Crippen MR) is 87.4 cm³/mol. The van der Waals surface area contributed by atoms with E-state index in [1.54, 1.807) is 12.1 Å². The van der Waals surface area contributed by atoms with Gasteiger partial charge in [-0.15, -0.1) is 0 Å². The van der Waals surface area contributed by atoms with Crippen LogP contribution < -0.4 is 5.32 Å². The largest absolute Gasteiger partial charge is 0.310 e. The molecule has 0 radical (unpaired) electrons. The number of hydrogen-bond acceptors (Lipinski definition) is 1. The summed E-state index contributed by atoms with van der Waals surface area (Å²) >= 11 is 5.99. The van der Waals surface area contributed by atoms with E-state index in [0.717, 1.165) is 6.54 Å². The predicted octanol–water partition coefficient (Wildman–Crippen LogP) is 4.99. The molecule has 1 atom stereocenters. The summed E-state index contributed by atoms with van der Waals surface area (Å²) in [4.78, 5) is 0. The molecule has 0 saturated heterocycles. The van der Waals surface area contributed by atoms with Crippen LogP contribution in [0.2, 0.25) is 5.02 Å². The fraction of sp³-hybridized carbons (Fsp3) is 0.333. The standard InChI is InChI=1S/C18H21ClFN/c1-4-21-18(16-7-5-12(2)9-13(16)3)11-14-10-15(19)6-8-17(14)20/h5-10,18,21H,4,11H2,1-3H3. The van der Waals surface area contributed by atoms with Gasteiger partial charge in [0.1, 0.15) is 5.82 Å². The topological polar surface area (TPSA) is 12.0 Å². The molecule has 0 aliphatic rings. The molecule has 1 N–H and O–H groups in total. The number of nitrogens with one attached hydrogen (secondary N) is 1. The Labute approximate surface area is 131 Å². The highest BCUT2D eigenvalue weighted by molar-refractivity contribution is 6.30. The smallest absolute Gasteiger partial charge is 0.126 e. The molecule has 0 aliphatic carbocycles. The van der Waals surface area contributed by atoms with Crippen molar-refractivity contribution in [2.24, 2.45) is 0 Å². The van der Waals surface area contributed by atoms with Crippen LogP contribution in [0.25, 0.3) is 0 Å². The lowest BCUT2D eigenvalue weighted by atomic mass is 9.94. The van der Waals surface area contributed by atoms with Crippen LogP contribution in [0.15, 0.2) is 36.4 Å². The minimum Gasteiger partial charge on any atom is -0.310 e. The number of aryl methyl sites for hydroxylation is 2. The zero-order valence-electron chi connectivity index (χ0n) is 12.7. The Kier molecular flexibility index (Phi) is 5.38. The summed E-state index contributed by atoms with van der Waals surface area (Å²) in [7, 11) is 0. The molecule has 1 nitrogen and oxygen atoms in total. The summed E-state index contributed by atoms with van der Waals surface area (Å²) in [5.41, 5.74) is 4.32. The maximum atomic E-state index is 14.0. The molecule has 3 heteroatoms. The first-order chi connectivity index (χ1) is 10.0.